The number of amides is 1. The van der Waals surface area contributed by atoms with Crippen molar-refractivity contribution in [2.45, 2.75) is 45.1 Å². The lowest BCUT2D eigenvalue weighted by Gasteiger charge is -2.30. The maximum absolute atomic E-state index is 12.1. The molecule has 1 aromatic heterocycles. The number of rotatable bonds is 4. The fourth-order valence-corrected chi connectivity index (χ4v) is 3.20. The minimum atomic E-state index is -0.0439. The van der Waals surface area contributed by atoms with Crippen LogP contribution in [-0.4, -0.2) is 28.6 Å². The summed E-state index contributed by atoms with van der Waals surface area (Å²) in [5.74, 6) is 0.166. The Morgan fingerprint density at radius 1 is 1.56 bits per heavy atom. The Bertz CT molecular complexity index is 405. The second kappa shape index (κ2) is 6.29. The van der Waals surface area contributed by atoms with Gasteiger partial charge in [-0.25, -0.2) is 4.98 Å². The van der Waals surface area contributed by atoms with Gasteiger partial charge in [-0.05, 0) is 19.3 Å². The number of carbonyl (C=O) groups excluding carboxylic acids is 1. The Morgan fingerprint density at radius 3 is 3.00 bits per heavy atom. The summed E-state index contributed by atoms with van der Waals surface area (Å²) < 4.78 is 0. The standard InChI is InChI=1S/C13H20N2O2S/c1-2-12-14-7-11(18-12)13(17)15-10-6-4-3-5-9(10)8-16/h7,9-10,16H,2-6,8H2,1H3,(H,15,17). The van der Waals surface area contributed by atoms with E-state index in [9.17, 15) is 9.90 Å². The Balaban J connectivity index is 1.97. The van der Waals surface area contributed by atoms with Crippen LogP contribution in [0, 0.1) is 5.92 Å². The monoisotopic (exact) mass is 268 g/mol. The minimum absolute atomic E-state index is 0.0439. The van der Waals surface area contributed by atoms with Crippen molar-refractivity contribution in [2.75, 3.05) is 6.61 Å². The molecule has 1 aliphatic rings. The molecular weight excluding hydrogens is 248 g/mol. The van der Waals surface area contributed by atoms with Gasteiger partial charge in [0.05, 0.1) is 11.2 Å². The Hall–Kier alpha value is -0.940. The number of hydrogen-bond acceptors (Lipinski definition) is 4. The lowest BCUT2D eigenvalue weighted by Crippen LogP contribution is -2.43. The van der Waals surface area contributed by atoms with Crippen LogP contribution in [0.2, 0.25) is 0 Å². The molecule has 0 bridgehead atoms. The van der Waals surface area contributed by atoms with Gasteiger partial charge in [-0.1, -0.05) is 19.8 Å². The van der Waals surface area contributed by atoms with Gasteiger partial charge in [0, 0.05) is 18.6 Å². The molecule has 1 heterocycles. The van der Waals surface area contributed by atoms with E-state index in [1.807, 2.05) is 6.92 Å². The normalized spacial score (nSPS) is 23.9. The van der Waals surface area contributed by atoms with Crippen LogP contribution in [0.25, 0.3) is 0 Å². The Labute approximate surface area is 111 Å². The van der Waals surface area contributed by atoms with E-state index in [0.717, 1.165) is 37.1 Å². The van der Waals surface area contributed by atoms with Gasteiger partial charge in [0.15, 0.2) is 0 Å². The third-order valence-electron chi connectivity index (χ3n) is 3.54. The van der Waals surface area contributed by atoms with Crippen molar-refractivity contribution in [3.05, 3.63) is 16.1 Å². The van der Waals surface area contributed by atoms with Crippen LogP contribution in [0.4, 0.5) is 0 Å². The van der Waals surface area contributed by atoms with E-state index >= 15 is 0 Å². The lowest BCUT2D eigenvalue weighted by atomic mass is 9.85. The first kappa shape index (κ1) is 13.5. The summed E-state index contributed by atoms with van der Waals surface area (Å²) in [6, 6.07) is 0.114. The number of hydrogen-bond donors (Lipinski definition) is 2. The molecular formula is C13H20N2O2S. The third-order valence-corrected chi connectivity index (χ3v) is 4.68. The van der Waals surface area contributed by atoms with E-state index in [-0.39, 0.29) is 24.5 Å². The van der Waals surface area contributed by atoms with Crippen LogP contribution >= 0.6 is 11.3 Å². The molecule has 2 unspecified atom stereocenters. The van der Waals surface area contributed by atoms with Crippen LogP contribution in [0.3, 0.4) is 0 Å². The Kier molecular flexibility index (Phi) is 4.72. The average Bonchev–Trinajstić information content (AvgIpc) is 2.88. The third kappa shape index (κ3) is 3.09. The van der Waals surface area contributed by atoms with Gasteiger partial charge in [0.25, 0.3) is 5.91 Å². The van der Waals surface area contributed by atoms with Gasteiger partial charge in [0.2, 0.25) is 0 Å². The van der Waals surface area contributed by atoms with Crippen LogP contribution < -0.4 is 5.32 Å². The molecule has 1 aromatic rings. The van der Waals surface area contributed by atoms with Crippen molar-refractivity contribution in [2.24, 2.45) is 5.92 Å². The fourth-order valence-electron chi connectivity index (χ4n) is 2.43. The number of aliphatic hydroxyl groups is 1. The summed E-state index contributed by atoms with van der Waals surface area (Å²) in [6.45, 7) is 2.19. The summed E-state index contributed by atoms with van der Waals surface area (Å²) in [7, 11) is 0. The second-order valence-corrected chi connectivity index (χ2v) is 5.89. The first-order chi connectivity index (χ1) is 8.74. The summed E-state index contributed by atoms with van der Waals surface area (Å²) in [5.41, 5.74) is 0. The molecule has 0 spiro atoms. The molecule has 1 aliphatic carbocycles. The van der Waals surface area contributed by atoms with E-state index in [1.54, 1.807) is 6.20 Å². The highest BCUT2D eigenvalue weighted by Gasteiger charge is 2.26. The van der Waals surface area contributed by atoms with Crippen LogP contribution in [0.5, 0.6) is 0 Å². The van der Waals surface area contributed by atoms with Gasteiger partial charge in [0.1, 0.15) is 4.88 Å². The molecule has 5 heteroatoms. The summed E-state index contributed by atoms with van der Waals surface area (Å²) in [4.78, 5) is 17.0. The van der Waals surface area contributed by atoms with E-state index in [4.69, 9.17) is 0 Å². The average molecular weight is 268 g/mol. The molecule has 2 N–H and O–H groups in total. The maximum Gasteiger partial charge on any atom is 0.263 e. The molecule has 18 heavy (non-hydrogen) atoms. The maximum atomic E-state index is 12.1. The predicted molar refractivity (Wildman–Crippen MR) is 71.8 cm³/mol. The van der Waals surface area contributed by atoms with Crippen molar-refractivity contribution in [3.8, 4) is 0 Å². The summed E-state index contributed by atoms with van der Waals surface area (Å²) in [6.07, 6.45) is 6.76. The van der Waals surface area contributed by atoms with E-state index in [2.05, 4.69) is 10.3 Å². The summed E-state index contributed by atoms with van der Waals surface area (Å²) >= 11 is 1.45. The number of nitrogens with zero attached hydrogens (tertiary/aromatic N) is 1. The van der Waals surface area contributed by atoms with Crippen molar-refractivity contribution < 1.29 is 9.90 Å². The van der Waals surface area contributed by atoms with Gasteiger partial charge in [-0.2, -0.15) is 0 Å². The number of aromatic nitrogens is 1. The molecule has 0 aromatic carbocycles. The van der Waals surface area contributed by atoms with Gasteiger partial charge in [-0.15, -0.1) is 11.3 Å². The molecule has 1 saturated carbocycles. The molecule has 1 amide bonds. The highest BCUT2D eigenvalue weighted by molar-refractivity contribution is 7.13. The number of aliphatic hydroxyl groups excluding tert-OH is 1. The number of thiazole rings is 1. The van der Waals surface area contributed by atoms with E-state index in [0.29, 0.717) is 4.88 Å². The lowest BCUT2D eigenvalue weighted by molar-refractivity contribution is 0.0876. The van der Waals surface area contributed by atoms with Gasteiger partial charge in [-0.3, -0.25) is 4.79 Å². The molecule has 2 rings (SSSR count). The van der Waals surface area contributed by atoms with Crippen molar-refractivity contribution in [1.29, 1.82) is 0 Å². The van der Waals surface area contributed by atoms with Crippen LogP contribution in [-0.2, 0) is 6.42 Å². The zero-order chi connectivity index (χ0) is 13.0. The zero-order valence-electron chi connectivity index (χ0n) is 10.7. The molecule has 1 fully saturated rings. The predicted octanol–water partition coefficient (Wildman–Crippen LogP) is 1.99. The van der Waals surface area contributed by atoms with Crippen molar-refractivity contribution >= 4 is 17.2 Å². The quantitative estimate of drug-likeness (QED) is 0.878. The van der Waals surface area contributed by atoms with E-state index < -0.39 is 0 Å². The summed E-state index contributed by atoms with van der Waals surface area (Å²) in [5, 5.41) is 13.4. The number of carbonyl (C=O) groups is 1. The number of nitrogens with one attached hydrogen (secondary N) is 1. The molecule has 0 aliphatic heterocycles. The SMILES string of the molecule is CCc1ncc(C(=O)NC2CCCCC2CO)s1. The van der Waals surface area contributed by atoms with Crippen molar-refractivity contribution in [1.82, 2.24) is 10.3 Å². The molecule has 0 radical (unpaired) electrons. The molecule has 4 nitrogen and oxygen atoms in total. The van der Waals surface area contributed by atoms with Crippen LogP contribution in [0.1, 0.15) is 47.3 Å². The highest BCUT2D eigenvalue weighted by Crippen LogP contribution is 2.24. The largest absolute Gasteiger partial charge is 0.396 e. The van der Waals surface area contributed by atoms with Gasteiger partial charge < -0.3 is 10.4 Å². The van der Waals surface area contributed by atoms with E-state index in [1.165, 1.54) is 11.3 Å². The topological polar surface area (TPSA) is 62.2 Å². The Morgan fingerprint density at radius 2 is 2.33 bits per heavy atom. The second-order valence-electron chi connectivity index (χ2n) is 4.78. The minimum Gasteiger partial charge on any atom is -0.396 e. The molecule has 0 saturated heterocycles. The zero-order valence-corrected chi connectivity index (χ0v) is 11.5. The first-order valence-electron chi connectivity index (χ1n) is 6.61. The highest BCUT2D eigenvalue weighted by atomic mass is 32.1. The van der Waals surface area contributed by atoms with Crippen molar-refractivity contribution in [3.63, 3.8) is 0 Å². The molecule has 2 atom stereocenters. The fraction of sp³-hybridized carbons (Fsp3) is 0.692. The van der Waals surface area contributed by atoms with Gasteiger partial charge >= 0.3 is 0 Å². The van der Waals surface area contributed by atoms with Crippen LogP contribution in [0.15, 0.2) is 6.20 Å². The first-order valence-corrected chi connectivity index (χ1v) is 7.42. The smallest absolute Gasteiger partial charge is 0.263 e. The number of aryl methyl sites for hydroxylation is 1. The molecule has 100 valence electrons.